The van der Waals surface area contributed by atoms with E-state index in [1.165, 1.54) is 24.3 Å². The number of hydrogen-bond donors (Lipinski definition) is 1. The van der Waals surface area contributed by atoms with Gasteiger partial charge in [0.25, 0.3) is 5.56 Å². The maximum atomic E-state index is 12.7. The lowest BCUT2D eigenvalue weighted by atomic mass is 10.2. The zero-order valence-corrected chi connectivity index (χ0v) is 9.88. The molecule has 2 aromatic rings. The first-order valence-corrected chi connectivity index (χ1v) is 5.40. The summed E-state index contributed by atoms with van der Waals surface area (Å²) >= 11 is 0. The Labute approximate surface area is 105 Å². The van der Waals surface area contributed by atoms with Crippen LogP contribution in [0.25, 0.3) is 0 Å². The van der Waals surface area contributed by atoms with Crippen molar-refractivity contribution in [2.24, 2.45) is 0 Å². The van der Waals surface area contributed by atoms with Crippen molar-refractivity contribution in [3.63, 3.8) is 0 Å². The minimum absolute atomic E-state index is 0.0734. The van der Waals surface area contributed by atoms with Crippen LogP contribution in [0.2, 0.25) is 0 Å². The highest BCUT2D eigenvalue weighted by Gasteiger charge is 2.36. The van der Waals surface area contributed by atoms with Gasteiger partial charge in [-0.25, -0.2) is 9.07 Å². The molecule has 0 saturated heterocycles. The SMILES string of the molecule is Cc1c(C(F)(F)F)[nH]n(Cc2ccc(F)cc2)c1=O. The molecule has 102 valence electrons. The topological polar surface area (TPSA) is 37.8 Å². The van der Waals surface area contributed by atoms with E-state index in [-0.39, 0.29) is 12.1 Å². The Balaban J connectivity index is 2.37. The van der Waals surface area contributed by atoms with E-state index in [1.54, 1.807) is 0 Å². The summed E-state index contributed by atoms with van der Waals surface area (Å²) in [7, 11) is 0. The fourth-order valence-electron chi connectivity index (χ4n) is 1.74. The van der Waals surface area contributed by atoms with Crippen molar-refractivity contribution < 1.29 is 17.6 Å². The van der Waals surface area contributed by atoms with Crippen molar-refractivity contribution in [1.82, 2.24) is 9.78 Å². The molecular weight excluding hydrogens is 264 g/mol. The van der Waals surface area contributed by atoms with Gasteiger partial charge in [0.15, 0.2) is 0 Å². The summed E-state index contributed by atoms with van der Waals surface area (Å²) in [6.07, 6.45) is -4.60. The van der Waals surface area contributed by atoms with Gasteiger partial charge in [0.1, 0.15) is 11.5 Å². The molecule has 2 rings (SSSR count). The Morgan fingerprint density at radius 1 is 1.21 bits per heavy atom. The Hall–Kier alpha value is -2.05. The zero-order chi connectivity index (χ0) is 14.2. The van der Waals surface area contributed by atoms with Crippen LogP contribution in [0.1, 0.15) is 16.8 Å². The number of nitrogens with one attached hydrogen (secondary N) is 1. The van der Waals surface area contributed by atoms with Crippen LogP contribution in [0.3, 0.4) is 0 Å². The van der Waals surface area contributed by atoms with Crippen LogP contribution < -0.4 is 5.56 Å². The molecule has 0 bridgehead atoms. The van der Waals surface area contributed by atoms with Gasteiger partial charge in [-0.05, 0) is 24.6 Å². The predicted octanol–water partition coefficient (Wildman–Crippen LogP) is 2.69. The number of halogens is 4. The molecule has 3 nitrogen and oxygen atoms in total. The second kappa shape index (κ2) is 4.56. The molecule has 0 fully saturated rings. The number of nitrogens with zero attached hydrogens (tertiary/aromatic N) is 1. The van der Waals surface area contributed by atoms with Gasteiger partial charge in [-0.15, -0.1) is 0 Å². The fourth-order valence-corrected chi connectivity index (χ4v) is 1.74. The molecule has 0 amide bonds. The van der Waals surface area contributed by atoms with Gasteiger partial charge < -0.3 is 0 Å². The number of benzene rings is 1. The maximum Gasteiger partial charge on any atom is 0.433 e. The largest absolute Gasteiger partial charge is 0.433 e. The third-order valence-corrected chi connectivity index (χ3v) is 2.73. The van der Waals surface area contributed by atoms with E-state index in [0.717, 1.165) is 11.6 Å². The smallest absolute Gasteiger partial charge is 0.291 e. The predicted molar refractivity (Wildman–Crippen MR) is 60.3 cm³/mol. The molecule has 1 heterocycles. The summed E-state index contributed by atoms with van der Waals surface area (Å²) in [5.41, 5.74) is -1.65. The number of alkyl halides is 3. The standard InChI is InChI=1S/C12H10F4N2O/c1-7-10(12(14,15)16)17-18(11(7)19)6-8-2-4-9(13)5-3-8/h2-5,17H,6H2,1H3. The molecule has 0 saturated carbocycles. The van der Waals surface area contributed by atoms with Crippen LogP contribution in [0.15, 0.2) is 29.1 Å². The van der Waals surface area contributed by atoms with E-state index in [0.29, 0.717) is 5.56 Å². The number of H-pyrrole nitrogens is 1. The monoisotopic (exact) mass is 274 g/mol. The zero-order valence-electron chi connectivity index (χ0n) is 9.88. The molecule has 0 radical (unpaired) electrons. The highest BCUT2D eigenvalue weighted by Crippen LogP contribution is 2.28. The van der Waals surface area contributed by atoms with E-state index >= 15 is 0 Å². The number of aromatic amines is 1. The molecule has 1 aromatic heterocycles. The van der Waals surface area contributed by atoms with Crippen LogP contribution in [-0.2, 0) is 12.7 Å². The molecule has 19 heavy (non-hydrogen) atoms. The minimum Gasteiger partial charge on any atom is -0.291 e. The molecule has 1 aromatic carbocycles. The van der Waals surface area contributed by atoms with Crippen molar-refractivity contribution in [3.8, 4) is 0 Å². The number of hydrogen-bond acceptors (Lipinski definition) is 1. The molecule has 0 unspecified atom stereocenters. The molecule has 1 N–H and O–H groups in total. The van der Waals surface area contributed by atoms with Crippen LogP contribution in [0, 0.1) is 12.7 Å². The maximum absolute atomic E-state index is 12.7. The van der Waals surface area contributed by atoms with Crippen LogP contribution in [0.5, 0.6) is 0 Å². The van der Waals surface area contributed by atoms with Crippen LogP contribution in [-0.4, -0.2) is 9.78 Å². The van der Waals surface area contributed by atoms with E-state index in [9.17, 15) is 22.4 Å². The lowest BCUT2D eigenvalue weighted by Gasteiger charge is -2.05. The van der Waals surface area contributed by atoms with Gasteiger partial charge in [-0.2, -0.15) is 13.2 Å². The molecular formula is C12H10F4N2O. The van der Waals surface area contributed by atoms with Gasteiger partial charge >= 0.3 is 6.18 Å². The van der Waals surface area contributed by atoms with E-state index in [2.05, 4.69) is 0 Å². The summed E-state index contributed by atoms with van der Waals surface area (Å²) in [6, 6.07) is 5.18. The van der Waals surface area contributed by atoms with Crippen molar-refractivity contribution in [2.75, 3.05) is 0 Å². The highest BCUT2D eigenvalue weighted by molar-refractivity contribution is 5.20. The Morgan fingerprint density at radius 3 is 2.26 bits per heavy atom. The average molecular weight is 274 g/mol. The molecule has 0 atom stereocenters. The average Bonchev–Trinajstić information content (AvgIpc) is 2.60. The lowest BCUT2D eigenvalue weighted by Crippen LogP contribution is -2.18. The van der Waals surface area contributed by atoms with E-state index in [4.69, 9.17) is 0 Å². The summed E-state index contributed by atoms with van der Waals surface area (Å²) in [6.45, 7) is 1.04. The second-order valence-electron chi connectivity index (χ2n) is 4.13. The minimum atomic E-state index is -4.60. The summed E-state index contributed by atoms with van der Waals surface area (Å²) in [5.74, 6) is -0.449. The third-order valence-electron chi connectivity index (χ3n) is 2.73. The number of rotatable bonds is 2. The lowest BCUT2D eigenvalue weighted by molar-refractivity contribution is -0.141. The molecule has 0 aliphatic heterocycles. The fraction of sp³-hybridized carbons (Fsp3) is 0.250. The Kier molecular flexibility index (Phi) is 3.21. The molecule has 0 spiro atoms. The quantitative estimate of drug-likeness (QED) is 0.840. The van der Waals surface area contributed by atoms with Crippen LogP contribution >= 0.6 is 0 Å². The van der Waals surface area contributed by atoms with E-state index in [1.807, 2.05) is 5.10 Å². The van der Waals surface area contributed by atoms with E-state index < -0.39 is 23.2 Å². The normalized spacial score (nSPS) is 11.8. The van der Waals surface area contributed by atoms with Gasteiger partial charge in [0.05, 0.1) is 6.54 Å². The summed E-state index contributed by atoms with van der Waals surface area (Å²) in [4.78, 5) is 11.7. The van der Waals surface area contributed by atoms with Gasteiger partial charge in [-0.3, -0.25) is 9.89 Å². The first kappa shape index (κ1) is 13.4. The Bertz CT molecular complexity index is 637. The first-order valence-electron chi connectivity index (χ1n) is 5.40. The van der Waals surface area contributed by atoms with Crippen molar-refractivity contribution >= 4 is 0 Å². The Morgan fingerprint density at radius 2 is 1.79 bits per heavy atom. The highest BCUT2D eigenvalue weighted by atomic mass is 19.4. The van der Waals surface area contributed by atoms with Crippen molar-refractivity contribution in [3.05, 3.63) is 57.3 Å². The molecule has 7 heteroatoms. The second-order valence-corrected chi connectivity index (χ2v) is 4.13. The third kappa shape index (κ3) is 2.69. The first-order chi connectivity index (χ1) is 8.79. The van der Waals surface area contributed by atoms with Gasteiger partial charge in [0, 0.05) is 5.56 Å². The molecule has 0 aliphatic rings. The van der Waals surface area contributed by atoms with Crippen LogP contribution in [0.4, 0.5) is 17.6 Å². The van der Waals surface area contributed by atoms with Gasteiger partial charge in [-0.1, -0.05) is 12.1 Å². The summed E-state index contributed by atoms with van der Waals surface area (Å²) < 4.78 is 51.4. The number of aromatic nitrogens is 2. The van der Waals surface area contributed by atoms with Crippen molar-refractivity contribution in [2.45, 2.75) is 19.6 Å². The van der Waals surface area contributed by atoms with Crippen molar-refractivity contribution in [1.29, 1.82) is 0 Å². The molecule has 0 aliphatic carbocycles. The van der Waals surface area contributed by atoms with Gasteiger partial charge in [0.2, 0.25) is 0 Å². The summed E-state index contributed by atoms with van der Waals surface area (Å²) in [5, 5.41) is 2.04.